The van der Waals surface area contributed by atoms with Gasteiger partial charge in [-0.1, -0.05) is 13.3 Å². The minimum Gasteiger partial charge on any atom is -0.468 e. The first kappa shape index (κ1) is 18.3. The lowest BCUT2D eigenvalue weighted by Gasteiger charge is -2.09. The van der Waals surface area contributed by atoms with E-state index in [-0.39, 0.29) is 0 Å². The van der Waals surface area contributed by atoms with Crippen LogP contribution >= 0.6 is 0 Å². The maximum atomic E-state index is 11.0. The number of carbonyl (C=O) groups excluding carboxylic acids is 1. The molecule has 0 aliphatic rings. The summed E-state index contributed by atoms with van der Waals surface area (Å²) >= 11 is 0. The predicted octanol–water partition coefficient (Wildman–Crippen LogP) is 0.727. The van der Waals surface area contributed by atoms with Crippen molar-refractivity contribution in [3.05, 3.63) is 0 Å². The first-order valence-electron chi connectivity index (χ1n) is 6.79. The molecule has 19 heavy (non-hydrogen) atoms. The van der Waals surface area contributed by atoms with Crippen molar-refractivity contribution in [1.82, 2.24) is 0 Å². The SMILES string of the molecule is CCCCOCCOCCOCCC(N)C(=O)OC. The van der Waals surface area contributed by atoms with E-state index in [2.05, 4.69) is 11.7 Å². The number of methoxy groups -OCH3 is 1. The third-order valence-corrected chi connectivity index (χ3v) is 2.46. The lowest BCUT2D eigenvalue weighted by Crippen LogP contribution is -2.32. The van der Waals surface area contributed by atoms with Crippen LogP contribution in [0.4, 0.5) is 0 Å². The Morgan fingerprint density at radius 1 is 1.00 bits per heavy atom. The molecule has 0 aromatic heterocycles. The van der Waals surface area contributed by atoms with E-state index >= 15 is 0 Å². The maximum Gasteiger partial charge on any atom is 0.322 e. The van der Waals surface area contributed by atoms with Gasteiger partial charge in [0.05, 0.1) is 33.5 Å². The summed E-state index contributed by atoms with van der Waals surface area (Å²) in [4.78, 5) is 11.0. The highest BCUT2D eigenvalue weighted by atomic mass is 16.5. The molecule has 0 spiro atoms. The molecule has 0 amide bonds. The Labute approximate surface area is 115 Å². The molecule has 0 saturated carbocycles. The molecular formula is C13H27NO5. The number of rotatable bonds is 13. The Kier molecular flexibility index (Phi) is 13.2. The Bertz CT molecular complexity index is 213. The molecule has 1 atom stereocenters. The van der Waals surface area contributed by atoms with Crippen molar-refractivity contribution < 1.29 is 23.7 Å². The van der Waals surface area contributed by atoms with Crippen LogP contribution in [0.1, 0.15) is 26.2 Å². The first-order valence-corrected chi connectivity index (χ1v) is 6.79. The van der Waals surface area contributed by atoms with Gasteiger partial charge in [0.2, 0.25) is 0 Å². The lowest BCUT2D eigenvalue weighted by molar-refractivity contribution is -0.142. The van der Waals surface area contributed by atoms with E-state index in [1.54, 1.807) is 0 Å². The monoisotopic (exact) mass is 277 g/mol. The Hall–Kier alpha value is -0.690. The smallest absolute Gasteiger partial charge is 0.322 e. The molecule has 0 rings (SSSR count). The van der Waals surface area contributed by atoms with Crippen molar-refractivity contribution in [2.24, 2.45) is 5.73 Å². The first-order chi connectivity index (χ1) is 9.22. The zero-order valence-electron chi connectivity index (χ0n) is 12.1. The number of unbranched alkanes of at least 4 members (excludes halogenated alkanes) is 1. The number of esters is 1. The van der Waals surface area contributed by atoms with E-state index in [0.717, 1.165) is 19.4 Å². The van der Waals surface area contributed by atoms with Crippen molar-refractivity contribution in [3.8, 4) is 0 Å². The molecule has 0 fully saturated rings. The third-order valence-electron chi connectivity index (χ3n) is 2.46. The maximum absolute atomic E-state index is 11.0. The summed E-state index contributed by atoms with van der Waals surface area (Å²) in [6.45, 7) is 5.55. The van der Waals surface area contributed by atoms with Gasteiger partial charge in [-0.2, -0.15) is 0 Å². The largest absolute Gasteiger partial charge is 0.468 e. The van der Waals surface area contributed by atoms with Gasteiger partial charge < -0.3 is 24.7 Å². The number of hydrogen-bond acceptors (Lipinski definition) is 6. The van der Waals surface area contributed by atoms with Crippen LogP contribution in [0.3, 0.4) is 0 Å². The molecule has 114 valence electrons. The summed E-state index contributed by atoms with van der Waals surface area (Å²) in [6.07, 6.45) is 2.68. The van der Waals surface area contributed by atoms with E-state index < -0.39 is 12.0 Å². The molecule has 0 aliphatic heterocycles. The fraction of sp³-hybridized carbons (Fsp3) is 0.923. The molecule has 0 radical (unpaired) electrons. The van der Waals surface area contributed by atoms with Gasteiger partial charge >= 0.3 is 5.97 Å². The number of ether oxygens (including phenoxy) is 4. The summed E-state index contributed by atoms with van der Waals surface area (Å²) in [5, 5.41) is 0. The van der Waals surface area contributed by atoms with Gasteiger partial charge in [0.1, 0.15) is 6.04 Å². The minimum atomic E-state index is -0.613. The normalized spacial score (nSPS) is 12.4. The van der Waals surface area contributed by atoms with Crippen LogP contribution in [0.15, 0.2) is 0 Å². The topological polar surface area (TPSA) is 80.0 Å². The van der Waals surface area contributed by atoms with Crippen LogP contribution in [0.25, 0.3) is 0 Å². The molecule has 1 unspecified atom stereocenters. The predicted molar refractivity (Wildman–Crippen MR) is 72.0 cm³/mol. The molecule has 2 N–H and O–H groups in total. The second-order valence-electron chi connectivity index (χ2n) is 4.11. The van der Waals surface area contributed by atoms with Crippen LogP contribution in [0.2, 0.25) is 0 Å². The van der Waals surface area contributed by atoms with Gasteiger partial charge in [0, 0.05) is 13.2 Å². The fourth-order valence-electron chi connectivity index (χ4n) is 1.27. The van der Waals surface area contributed by atoms with Gasteiger partial charge in [-0.15, -0.1) is 0 Å². The summed E-state index contributed by atoms with van der Waals surface area (Å²) < 4.78 is 20.4. The summed E-state index contributed by atoms with van der Waals surface area (Å²) in [6, 6.07) is -0.613. The molecule has 0 bridgehead atoms. The summed E-state index contributed by atoms with van der Waals surface area (Å²) in [5.74, 6) is -0.413. The number of nitrogens with two attached hydrogens (primary N) is 1. The van der Waals surface area contributed by atoms with Crippen LogP contribution in [-0.4, -0.2) is 58.8 Å². The van der Waals surface area contributed by atoms with Crippen molar-refractivity contribution >= 4 is 5.97 Å². The molecular weight excluding hydrogens is 250 g/mol. The van der Waals surface area contributed by atoms with E-state index in [0.29, 0.717) is 39.5 Å². The highest BCUT2D eigenvalue weighted by molar-refractivity contribution is 5.75. The van der Waals surface area contributed by atoms with Gasteiger partial charge in [0.15, 0.2) is 0 Å². The Morgan fingerprint density at radius 3 is 2.05 bits per heavy atom. The molecule has 6 nitrogen and oxygen atoms in total. The van der Waals surface area contributed by atoms with Crippen molar-refractivity contribution in [3.63, 3.8) is 0 Å². The van der Waals surface area contributed by atoms with Crippen molar-refractivity contribution in [2.45, 2.75) is 32.2 Å². The van der Waals surface area contributed by atoms with Gasteiger partial charge in [-0.25, -0.2) is 0 Å². The number of hydrogen-bond donors (Lipinski definition) is 1. The van der Waals surface area contributed by atoms with Gasteiger partial charge in [-0.3, -0.25) is 4.79 Å². The van der Waals surface area contributed by atoms with E-state index in [1.807, 2.05) is 0 Å². The van der Waals surface area contributed by atoms with Crippen LogP contribution < -0.4 is 5.73 Å². The molecule has 0 saturated heterocycles. The van der Waals surface area contributed by atoms with E-state index in [1.165, 1.54) is 7.11 Å². The summed E-state index contributed by atoms with van der Waals surface area (Å²) in [5.41, 5.74) is 5.55. The molecule has 0 aliphatic carbocycles. The fourth-order valence-corrected chi connectivity index (χ4v) is 1.27. The zero-order valence-corrected chi connectivity index (χ0v) is 12.1. The summed E-state index contributed by atoms with van der Waals surface area (Å²) in [7, 11) is 1.32. The van der Waals surface area contributed by atoms with Gasteiger partial charge in [-0.05, 0) is 12.8 Å². The Balaban J connectivity index is 3.12. The third kappa shape index (κ3) is 12.1. The second kappa shape index (κ2) is 13.7. The zero-order chi connectivity index (χ0) is 14.3. The standard InChI is InChI=1S/C13H27NO5/c1-3-4-6-17-8-10-19-11-9-18-7-5-12(14)13(15)16-2/h12H,3-11,14H2,1-2H3. The number of carbonyl (C=O) groups is 1. The van der Waals surface area contributed by atoms with Crippen molar-refractivity contribution in [1.29, 1.82) is 0 Å². The molecule has 6 heteroatoms. The molecule has 0 aromatic carbocycles. The van der Waals surface area contributed by atoms with Gasteiger partial charge in [0.25, 0.3) is 0 Å². The average molecular weight is 277 g/mol. The Morgan fingerprint density at radius 2 is 1.53 bits per heavy atom. The quantitative estimate of drug-likeness (QED) is 0.395. The molecule has 0 aromatic rings. The lowest BCUT2D eigenvalue weighted by atomic mass is 10.2. The van der Waals surface area contributed by atoms with Crippen LogP contribution in [0.5, 0.6) is 0 Å². The highest BCUT2D eigenvalue weighted by Crippen LogP contribution is 1.92. The second-order valence-corrected chi connectivity index (χ2v) is 4.11. The van der Waals surface area contributed by atoms with Crippen LogP contribution in [-0.2, 0) is 23.7 Å². The van der Waals surface area contributed by atoms with Crippen LogP contribution in [0, 0.1) is 0 Å². The van der Waals surface area contributed by atoms with E-state index in [9.17, 15) is 4.79 Å². The molecule has 0 heterocycles. The minimum absolute atomic E-state index is 0.413. The van der Waals surface area contributed by atoms with Crippen molar-refractivity contribution in [2.75, 3.05) is 46.8 Å². The average Bonchev–Trinajstić information content (AvgIpc) is 2.43. The van der Waals surface area contributed by atoms with E-state index in [4.69, 9.17) is 19.9 Å². The highest BCUT2D eigenvalue weighted by Gasteiger charge is 2.12.